The number of carbonyl (C=O) groups excluding carboxylic acids is 1. The van der Waals surface area contributed by atoms with Gasteiger partial charge in [-0.15, -0.1) is 4.83 Å². The van der Waals surface area contributed by atoms with Gasteiger partial charge in [0.05, 0.1) is 16.0 Å². The number of hydrogen-bond donors (Lipinski definition) is 2. The lowest BCUT2D eigenvalue weighted by Crippen LogP contribution is -2.55. The molecule has 0 atom stereocenters. The SMILES string of the molecule is C=C(C(=O)N1CCN(S(=O)(=O)NN(C)C)CC1)c1ccc(Sc2cccc(N3CCC(C(=O)O)CC3)c2)c(Cl)c1Cl. The Morgan fingerprint density at radius 3 is 2.29 bits per heavy atom. The summed E-state index contributed by atoms with van der Waals surface area (Å²) in [5, 5.41) is 11.1. The summed E-state index contributed by atoms with van der Waals surface area (Å²) in [7, 11) is -0.499. The molecule has 4 rings (SSSR count). The summed E-state index contributed by atoms with van der Waals surface area (Å²) in [6.07, 6.45) is 1.22. The van der Waals surface area contributed by atoms with E-state index < -0.39 is 16.2 Å². The van der Waals surface area contributed by atoms with Crippen LogP contribution in [0.1, 0.15) is 18.4 Å². The fourth-order valence-corrected chi connectivity index (χ4v) is 7.57. The molecular formula is C27H33Cl2N5O5S2. The number of halogens is 2. The smallest absolute Gasteiger partial charge is 0.306 e. The zero-order valence-corrected chi connectivity index (χ0v) is 26.0. The van der Waals surface area contributed by atoms with Crippen molar-refractivity contribution in [1.29, 1.82) is 0 Å². The number of carboxylic acid groups (broad SMARTS) is 1. The first-order valence-corrected chi connectivity index (χ1v) is 16.1. The van der Waals surface area contributed by atoms with E-state index in [0.29, 0.717) is 36.5 Å². The van der Waals surface area contributed by atoms with E-state index in [1.807, 2.05) is 24.3 Å². The van der Waals surface area contributed by atoms with Gasteiger partial charge in [0.25, 0.3) is 16.1 Å². The third-order valence-corrected chi connectivity index (χ3v) is 10.7. The molecule has 10 nitrogen and oxygen atoms in total. The van der Waals surface area contributed by atoms with Crippen LogP contribution >= 0.6 is 35.0 Å². The molecule has 0 aromatic heterocycles. The average molecular weight is 643 g/mol. The van der Waals surface area contributed by atoms with E-state index >= 15 is 0 Å². The lowest BCUT2D eigenvalue weighted by Gasteiger charge is -2.34. The maximum absolute atomic E-state index is 13.2. The van der Waals surface area contributed by atoms with Crippen molar-refractivity contribution in [3.63, 3.8) is 0 Å². The van der Waals surface area contributed by atoms with Crippen molar-refractivity contribution in [2.24, 2.45) is 5.92 Å². The van der Waals surface area contributed by atoms with Crippen LogP contribution in [-0.4, -0.2) is 93.0 Å². The first-order chi connectivity index (χ1) is 19.4. The molecule has 222 valence electrons. The summed E-state index contributed by atoms with van der Waals surface area (Å²) in [6.45, 7) is 6.08. The molecule has 0 aliphatic carbocycles. The molecule has 2 aromatic rings. The zero-order chi connectivity index (χ0) is 29.9. The van der Waals surface area contributed by atoms with Crippen LogP contribution in [0.15, 0.2) is 52.8 Å². The molecule has 0 bridgehead atoms. The molecule has 2 saturated heterocycles. The van der Waals surface area contributed by atoms with Gasteiger partial charge >= 0.3 is 5.97 Å². The van der Waals surface area contributed by atoms with Gasteiger partial charge in [-0.25, -0.2) is 5.01 Å². The lowest BCUT2D eigenvalue weighted by molar-refractivity contribution is -0.142. The third kappa shape index (κ3) is 7.56. The number of piperazine rings is 1. The predicted octanol–water partition coefficient (Wildman–Crippen LogP) is 3.91. The molecule has 41 heavy (non-hydrogen) atoms. The molecule has 2 fully saturated rings. The summed E-state index contributed by atoms with van der Waals surface area (Å²) in [5.74, 6) is -1.36. The number of hydrazine groups is 1. The highest BCUT2D eigenvalue weighted by molar-refractivity contribution is 7.99. The Kier molecular flexibility index (Phi) is 10.3. The number of rotatable bonds is 9. The number of nitrogens with zero attached hydrogens (tertiary/aromatic N) is 4. The lowest BCUT2D eigenvalue weighted by atomic mass is 9.97. The van der Waals surface area contributed by atoms with Crippen LogP contribution in [0.5, 0.6) is 0 Å². The van der Waals surface area contributed by atoms with Crippen molar-refractivity contribution in [3.8, 4) is 0 Å². The van der Waals surface area contributed by atoms with E-state index in [2.05, 4.69) is 16.3 Å². The van der Waals surface area contributed by atoms with Gasteiger partial charge in [0.1, 0.15) is 0 Å². The minimum atomic E-state index is -3.68. The van der Waals surface area contributed by atoms with Gasteiger partial charge in [0.2, 0.25) is 0 Å². The van der Waals surface area contributed by atoms with Crippen LogP contribution < -0.4 is 9.73 Å². The second-order valence-electron chi connectivity index (χ2n) is 10.1. The van der Waals surface area contributed by atoms with Crippen molar-refractivity contribution in [2.45, 2.75) is 22.6 Å². The van der Waals surface area contributed by atoms with Gasteiger partial charge < -0.3 is 14.9 Å². The van der Waals surface area contributed by atoms with Crippen LogP contribution in [0.2, 0.25) is 10.0 Å². The Labute approximate surface area is 255 Å². The second-order valence-corrected chi connectivity index (χ2v) is 13.6. The zero-order valence-electron chi connectivity index (χ0n) is 22.8. The number of nitrogens with one attached hydrogen (secondary N) is 1. The van der Waals surface area contributed by atoms with Crippen molar-refractivity contribution in [1.82, 2.24) is 19.0 Å². The Bertz CT molecular complexity index is 1420. The summed E-state index contributed by atoms with van der Waals surface area (Å²) in [5.41, 5.74) is 1.62. The highest BCUT2D eigenvalue weighted by Gasteiger charge is 2.31. The number of piperidine rings is 1. The first kappa shape index (κ1) is 31.6. The maximum atomic E-state index is 13.2. The number of benzene rings is 2. The summed E-state index contributed by atoms with van der Waals surface area (Å²) in [6, 6.07) is 11.5. The molecule has 2 heterocycles. The summed E-state index contributed by atoms with van der Waals surface area (Å²) < 4.78 is 26.1. The van der Waals surface area contributed by atoms with E-state index in [4.69, 9.17) is 23.2 Å². The van der Waals surface area contributed by atoms with E-state index in [0.717, 1.165) is 15.5 Å². The van der Waals surface area contributed by atoms with Crippen LogP contribution in [0, 0.1) is 5.92 Å². The standard InChI is InChI=1S/C27H33Cl2N5O5S2/c1-18(26(35)33-13-15-34(16-14-33)41(38,39)30-31(2)3)22-7-8-23(25(29)24(22)28)40-21-6-4-5-20(17-21)32-11-9-19(10-12-32)27(36)37/h4-8,17,19,30H,1,9-16H2,2-3H3,(H,36,37). The highest BCUT2D eigenvalue weighted by Crippen LogP contribution is 2.41. The summed E-state index contributed by atoms with van der Waals surface area (Å²) >= 11 is 14.7. The van der Waals surface area contributed by atoms with Crippen LogP contribution in [-0.2, 0) is 19.8 Å². The number of carboxylic acids is 1. The number of hydrogen-bond acceptors (Lipinski definition) is 7. The molecule has 0 spiro atoms. The van der Waals surface area contributed by atoms with Crippen LogP contribution in [0.3, 0.4) is 0 Å². The van der Waals surface area contributed by atoms with Gasteiger partial charge in [-0.05, 0) is 37.1 Å². The van der Waals surface area contributed by atoms with Gasteiger partial charge in [0, 0.05) is 80.0 Å². The largest absolute Gasteiger partial charge is 0.481 e. The van der Waals surface area contributed by atoms with Crippen LogP contribution in [0.25, 0.3) is 5.57 Å². The van der Waals surface area contributed by atoms with Crippen LogP contribution in [0.4, 0.5) is 5.69 Å². The molecule has 2 aliphatic rings. The number of amides is 1. The van der Waals surface area contributed by atoms with Gasteiger partial charge in [0.15, 0.2) is 0 Å². The second kappa shape index (κ2) is 13.3. The third-order valence-electron chi connectivity index (χ3n) is 7.05. The fourth-order valence-electron chi connectivity index (χ4n) is 4.83. The average Bonchev–Trinajstić information content (AvgIpc) is 2.94. The van der Waals surface area contributed by atoms with E-state index in [1.165, 1.54) is 21.1 Å². The van der Waals surface area contributed by atoms with E-state index in [-0.39, 0.29) is 48.6 Å². The van der Waals surface area contributed by atoms with Gasteiger partial charge in [-0.1, -0.05) is 53.7 Å². The molecule has 0 saturated carbocycles. The Hall–Kier alpha value is -2.32. The predicted molar refractivity (Wildman–Crippen MR) is 163 cm³/mol. The number of anilines is 1. The molecule has 0 unspecified atom stereocenters. The minimum Gasteiger partial charge on any atom is -0.481 e. The highest BCUT2D eigenvalue weighted by atomic mass is 35.5. The monoisotopic (exact) mass is 641 g/mol. The number of carbonyl (C=O) groups is 2. The fraction of sp³-hybridized carbons (Fsp3) is 0.407. The number of aliphatic carboxylic acids is 1. The van der Waals surface area contributed by atoms with E-state index in [1.54, 1.807) is 31.1 Å². The molecular weight excluding hydrogens is 609 g/mol. The van der Waals surface area contributed by atoms with Crippen molar-refractivity contribution in [2.75, 3.05) is 58.3 Å². The summed E-state index contributed by atoms with van der Waals surface area (Å²) in [4.78, 5) is 32.3. The quantitative estimate of drug-likeness (QED) is 0.313. The molecule has 2 aliphatic heterocycles. The minimum absolute atomic E-state index is 0.156. The van der Waals surface area contributed by atoms with Gasteiger partial charge in [-0.2, -0.15) is 12.7 Å². The molecule has 0 radical (unpaired) electrons. The van der Waals surface area contributed by atoms with Crippen molar-refractivity contribution in [3.05, 3.63) is 58.6 Å². The first-order valence-electron chi connectivity index (χ1n) is 13.0. The topological polar surface area (TPSA) is 113 Å². The Balaban J connectivity index is 1.41. The van der Waals surface area contributed by atoms with Crippen molar-refractivity contribution < 1.29 is 23.1 Å². The Morgan fingerprint density at radius 1 is 1.02 bits per heavy atom. The molecule has 1 amide bonds. The molecule has 2 aromatic carbocycles. The molecule has 2 N–H and O–H groups in total. The Morgan fingerprint density at radius 2 is 1.68 bits per heavy atom. The molecule has 14 heteroatoms. The normalized spacial score (nSPS) is 17.2. The van der Waals surface area contributed by atoms with E-state index in [9.17, 15) is 23.1 Å². The maximum Gasteiger partial charge on any atom is 0.306 e. The van der Waals surface area contributed by atoms with Gasteiger partial charge in [-0.3, -0.25) is 9.59 Å². The van der Waals surface area contributed by atoms with Crippen molar-refractivity contribution >= 4 is 68.3 Å².